The zero-order valence-corrected chi connectivity index (χ0v) is 13.8. The average molecular weight is 291 g/mol. The van der Waals surface area contributed by atoms with Crippen LogP contribution in [-0.4, -0.2) is 29.9 Å². The number of rotatable bonds is 8. The van der Waals surface area contributed by atoms with E-state index in [1.165, 1.54) is 12.8 Å². The number of amides is 1. The van der Waals surface area contributed by atoms with Crippen molar-refractivity contribution < 1.29 is 4.79 Å². The minimum Gasteiger partial charge on any atom is -0.397 e. The summed E-state index contributed by atoms with van der Waals surface area (Å²) in [7, 11) is 0. The number of nitrogens with two attached hydrogens (primary N) is 1. The monoisotopic (exact) mass is 291 g/mol. The molecule has 3 N–H and O–H groups in total. The molecule has 0 heterocycles. The summed E-state index contributed by atoms with van der Waals surface area (Å²) < 4.78 is 0. The van der Waals surface area contributed by atoms with E-state index in [0.717, 1.165) is 24.2 Å². The Kier molecular flexibility index (Phi) is 7.23. The third-order valence-electron chi connectivity index (χ3n) is 3.70. The van der Waals surface area contributed by atoms with Gasteiger partial charge in [-0.25, -0.2) is 0 Å². The van der Waals surface area contributed by atoms with E-state index in [0.29, 0.717) is 18.3 Å². The van der Waals surface area contributed by atoms with Crippen LogP contribution in [0.25, 0.3) is 0 Å². The molecule has 0 saturated carbocycles. The molecule has 0 fully saturated rings. The largest absolute Gasteiger partial charge is 0.397 e. The molecule has 1 aromatic carbocycles. The molecule has 1 amide bonds. The van der Waals surface area contributed by atoms with Gasteiger partial charge in [-0.1, -0.05) is 31.9 Å². The number of nitrogen functional groups attached to an aromatic ring is 1. The fourth-order valence-electron chi connectivity index (χ4n) is 2.31. The molecule has 4 nitrogen and oxygen atoms in total. The van der Waals surface area contributed by atoms with Crippen LogP contribution in [-0.2, 0) is 4.79 Å². The summed E-state index contributed by atoms with van der Waals surface area (Å²) >= 11 is 0. The lowest BCUT2D eigenvalue weighted by Crippen LogP contribution is -2.38. The van der Waals surface area contributed by atoms with E-state index in [4.69, 9.17) is 5.73 Å². The number of hydrogen-bond donors (Lipinski definition) is 2. The van der Waals surface area contributed by atoms with Crippen molar-refractivity contribution in [3.8, 4) is 0 Å². The normalized spacial score (nSPS) is 11.1. The number of aryl methyl sites for hydroxylation is 1. The van der Waals surface area contributed by atoms with E-state index in [9.17, 15) is 4.79 Å². The van der Waals surface area contributed by atoms with Crippen LogP contribution in [0.3, 0.4) is 0 Å². The highest BCUT2D eigenvalue weighted by Crippen LogP contribution is 2.22. The van der Waals surface area contributed by atoms with Crippen LogP contribution >= 0.6 is 0 Å². The predicted molar refractivity (Wildman–Crippen MR) is 90.5 cm³/mol. The fraction of sp³-hybridized carbons (Fsp3) is 0.588. The van der Waals surface area contributed by atoms with E-state index in [2.05, 4.69) is 31.0 Å². The molecule has 0 atom stereocenters. The average Bonchev–Trinajstić information content (AvgIpc) is 2.42. The second-order valence-corrected chi connectivity index (χ2v) is 5.86. The molecular formula is C17H29N3O. The van der Waals surface area contributed by atoms with Crippen molar-refractivity contribution in [1.29, 1.82) is 0 Å². The molecule has 21 heavy (non-hydrogen) atoms. The van der Waals surface area contributed by atoms with Crippen molar-refractivity contribution in [2.45, 2.75) is 53.0 Å². The highest BCUT2D eigenvalue weighted by molar-refractivity contribution is 5.96. The number of carbonyl (C=O) groups is 1. The minimum absolute atomic E-state index is 0.00111. The first-order valence-corrected chi connectivity index (χ1v) is 7.84. The van der Waals surface area contributed by atoms with E-state index >= 15 is 0 Å². The van der Waals surface area contributed by atoms with E-state index < -0.39 is 0 Å². The van der Waals surface area contributed by atoms with Crippen molar-refractivity contribution in [3.05, 3.63) is 23.8 Å². The number of benzene rings is 1. The van der Waals surface area contributed by atoms with Gasteiger partial charge in [0, 0.05) is 6.04 Å². The summed E-state index contributed by atoms with van der Waals surface area (Å²) in [4.78, 5) is 14.5. The van der Waals surface area contributed by atoms with Gasteiger partial charge in [0.25, 0.3) is 0 Å². The Morgan fingerprint density at radius 1 is 1.33 bits per heavy atom. The summed E-state index contributed by atoms with van der Waals surface area (Å²) in [5.74, 6) is 0.00111. The summed E-state index contributed by atoms with van der Waals surface area (Å²) in [6.45, 7) is 9.76. The maximum Gasteiger partial charge on any atom is 0.238 e. The molecule has 0 aliphatic heterocycles. The smallest absolute Gasteiger partial charge is 0.238 e. The third-order valence-corrected chi connectivity index (χ3v) is 3.70. The maximum absolute atomic E-state index is 12.3. The molecule has 0 saturated heterocycles. The highest BCUT2D eigenvalue weighted by Gasteiger charge is 2.15. The SMILES string of the molecule is CCCCCN(CC(=O)Nc1c(C)cccc1N)C(C)C. The number of nitrogens with one attached hydrogen (secondary N) is 1. The van der Waals surface area contributed by atoms with E-state index in [1.54, 1.807) is 0 Å². The van der Waals surface area contributed by atoms with Crippen LogP contribution in [0, 0.1) is 6.92 Å². The quantitative estimate of drug-likeness (QED) is 0.570. The molecule has 0 unspecified atom stereocenters. The first-order valence-electron chi connectivity index (χ1n) is 7.84. The van der Waals surface area contributed by atoms with Gasteiger partial charge in [0.2, 0.25) is 5.91 Å². The maximum atomic E-state index is 12.3. The number of carbonyl (C=O) groups excluding carboxylic acids is 1. The summed E-state index contributed by atoms with van der Waals surface area (Å²) in [5.41, 5.74) is 8.27. The fourth-order valence-corrected chi connectivity index (χ4v) is 2.31. The Balaban J connectivity index is 2.61. The zero-order chi connectivity index (χ0) is 15.8. The molecule has 1 aromatic rings. The first kappa shape index (κ1) is 17.5. The Morgan fingerprint density at radius 3 is 2.62 bits per heavy atom. The van der Waals surface area contributed by atoms with Crippen molar-refractivity contribution >= 4 is 17.3 Å². The van der Waals surface area contributed by atoms with Gasteiger partial charge in [0.1, 0.15) is 0 Å². The standard InChI is InChI=1S/C17H29N3O/c1-5-6-7-11-20(13(2)3)12-16(21)19-17-14(4)9-8-10-15(17)18/h8-10,13H,5-7,11-12,18H2,1-4H3,(H,19,21). The van der Waals surface area contributed by atoms with Gasteiger partial charge in [-0.3, -0.25) is 9.69 Å². The van der Waals surface area contributed by atoms with Gasteiger partial charge in [-0.2, -0.15) is 0 Å². The molecule has 0 aliphatic carbocycles. The number of hydrogen-bond acceptors (Lipinski definition) is 3. The Bertz CT molecular complexity index is 437. The molecule has 0 radical (unpaired) electrons. The number of unbranched alkanes of at least 4 members (excludes halogenated alkanes) is 2. The highest BCUT2D eigenvalue weighted by atomic mass is 16.2. The second kappa shape index (κ2) is 8.67. The summed E-state index contributed by atoms with van der Waals surface area (Å²) in [6.07, 6.45) is 3.53. The van der Waals surface area contributed by atoms with Crippen LogP contribution in [0.2, 0.25) is 0 Å². The number of anilines is 2. The Hall–Kier alpha value is -1.55. The topological polar surface area (TPSA) is 58.4 Å². The molecule has 4 heteroatoms. The van der Waals surface area contributed by atoms with Crippen molar-refractivity contribution in [1.82, 2.24) is 4.90 Å². The molecular weight excluding hydrogens is 262 g/mol. The van der Waals surface area contributed by atoms with Crippen LogP contribution in [0.1, 0.15) is 45.6 Å². The van der Waals surface area contributed by atoms with Crippen LogP contribution in [0.15, 0.2) is 18.2 Å². The molecule has 0 aromatic heterocycles. The van der Waals surface area contributed by atoms with Crippen molar-refractivity contribution in [2.24, 2.45) is 0 Å². The number of para-hydroxylation sites is 1. The second-order valence-electron chi connectivity index (χ2n) is 5.86. The predicted octanol–water partition coefficient (Wildman–Crippen LogP) is 3.42. The molecule has 0 aliphatic rings. The van der Waals surface area contributed by atoms with Crippen LogP contribution in [0.5, 0.6) is 0 Å². The van der Waals surface area contributed by atoms with E-state index in [-0.39, 0.29) is 5.91 Å². The lowest BCUT2D eigenvalue weighted by atomic mass is 10.1. The molecule has 118 valence electrons. The Labute approximate surface area is 128 Å². The summed E-state index contributed by atoms with van der Waals surface area (Å²) in [5, 5.41) is 2.95. The first-order chi connectivity index (χ1) is 9.95. The lowest BCUT2D eigenvalue weighted by Gasteiger charge is -2.26. The lowest BCUT2D eigenvalue weighted by molar-refractivity contribution is -0.117. The van der Waals surface area contributed by atoms with Gasteiger partial charge in [-0.05, 0) is 45.4 Å². The third kappa shape index (κ3) is 5.76. The molecule has 0 spiro atoms. The zero-order valence-electron chi connectivity index (χ0n) is 13.8. The van der Waals surface area contributed by atoms with Gasteiger partial charge in [0.05, 0.1) is 17.9 Å². The van der Waals surface area contributed by atoms with Gasteiger partial charge in [-0.15, -0.1) is 0 Å². The Morgan fingerprint density at radius 2 is 2.05 bits per heavy atom. The summed E-state index contributed by atoms with van der Waals surface area (Å²) in [6, 6.07) is 6.02. The molecule has 0 bridgehead atoms. The van der Waals surface area contributed by atoms with Gasteiger partial charge >= 0.3 is 0 Å². The van der Waals surface area contributed by atoms with Gasteiger partial charge in [0.15, 0.2) is 0 Å². The van der Waals surface area contributed by atoms with Gasteiger partial charge < -0.3 is 11.1 Å². The van der Waals surface area contributed by atoms with Crippen LogP contribution in [0.4, 0.5) is 11.4 Å². The van der Waals surface area contributed by atoms with Crippen molar-refractivity contribution in [3.63, 3.8) is 0 Å². The van der Waals surface area contributed by atoms with Crippen LogP contribution < -0.4 is 11.1 Å². The molecule has 1 rings (SSSR count). The minimum atomic E-state index is 0.00111. The van der Waals surface area contributed by atoms with Crippen molar-refractivity contribution in [2.75, 3.05) is 24.1 Å². The number of nitrogens with zero attached hydrogens (tertiary/aromatic N) is 1. The van der Waals surface area contributed by atoms with E-state index in [1.807, 2.05) is 25.1 Å².